The number of para-hydroxylation sites is 1. The lowest BCUT2D eigenvalue weighted by molar-refractivity contribution is 0.266. The van der Waals surface area contributed by atoms with Crippen LogP contribution in [0.1, 0.15) is 18.1 Å². The van der Waals surface area contributed by atoms with Crippen molar-refractivity contribution in [3.8, 4) is 11.5 Å². The minimum atomic E-state index is -0.416. The molecule has 0 heterocycles. The number of halogens is 2. The molecule has 31 heavy (non-hydrogen) atoms. The molecule has 0 spiro atoms. The number of ether oxygens (including phenoxy) is 2. The van der Waals surface area contributed by atoms with Gasteiger partial charge in [-0.25, -0.2) is 4.39 Å². The van der Waals surface area contributed by atoms with E-state index in [9.17, 15) is 4.39 Å². The van der Waals surface area contributed by atoms with E-state index in [1.54, 1.807) is 36.5 Å². The second-order valence-electron chi connectivity index (χ2n) is 6.32. The number of hydrazone groups is 1. The molecule has 0 unspecified atom stereocenters. The number of hydrogen-bond donors (Lipinski definition) is 2. The molecule has 2 N–H and O–H groups in total. The van der Waals surface area contributed by atoms with Crippen molar-refractivity contribution >= 4 is 40.8 Å². The normalized spacial score (nSPS) is 10.7. The van der Waals surface area contributed by atoms with E-state index in [-0.39, 0.29) is 6.61 Å². The van der Waals surface area contributed by atoms with Gasteiger partial charge in [-0.1, -0.05) is 35.9 Å². The smallest absolute Gasteiger partial charge is 0.191 e. The van der Waals surface area contributed by atoms with E-state index in [1.807, 2.05) is 37.3 Å². The van der Waals surface area contributed by atoms with Gasteiger partial charge in [-0.05, 0) is 67.2 Å². The van der Waals surface area contributed by atoms with Gasteiger partial charge in [-0.15, -0.1) is 0 Å². The van der Waals surface area contributed by atoms with Gasteiger partial charge in [-0.3, -0.25) is 5.43 Å². The van der Waals surface area contributed by atoms with Gasteiger partial charge in [0.05, 0.1) is 17.8 Å². The van der Waals surface area contributed by atoms with E-state index >= 15 is 0 Å². The second-order valence-corrected chi connectivity index (χ2v) is 7.13. The number of benzene rings is 3. The zero-order valence-electron chi connectivity index (χ0n) is 16.8. The fraction of sp³-hybridized carbons (Fsp3) is 0.130. The molecule has 0 saturated carbocycles. The Morgan fingerprint density at radius 2 is 1.87 bits per heavy atom. The van der Waals surface area contributed by atoms with Gasteiger partial charge in [0.1, 0.15) is 12.4 Å². The van der Waals surface area contributed by atoms with Crippen LogP contribution in [0.5, 0.6) is 11.5 Å². The monoisotopic (exact) mass is 457 g/mol. The molecule has 0 radical (unpaired) electrons. The molecule has 0 fully saturated rings. The van der Waals surface area contributed by atoms with Crippen LogP contribution in [0.4, 0.5) is 10.1 Å². The summed E-state index contributed by atoms with van der Waals surface area (Å²) in [4.78, 5) is 0. The Morgan fingerprint density at radius 3 is 2.61 bits per heavy atom. The highest BCUT2D eigenvalue weighted by molar-refractivity contribution is 7.80. The van der Waals surface area contributed by atoms with Crippen LogP contribution < -0.4 is 20.2 Å². The summed E-state index contributed by atoms with van der Waals surface area (Å²) in [6, 6.07) is 19.4. The van der Waals surface area contributed by atoms with Gasteiger partial charge >= 0.3 is 0 Å². The number of anilines is 1. The minimum absolute atomic E-state index is 0.0139. The number of thiocarbonyl (C=S) groups is 1. The fourth-order valence-electron chi connectivity index (χ4n) is 2.66. The molecule has 3 aromatic carbocycles. The van der Waals surface area contributed by atoms with Gasteiger partial charge in [-0.2, -0.15) is 5.10 Å². The molecule has 160 valence electrons. The maximum absolute atomic E-state index is 14.0. The van der Waals surface area contributed by atoms with E-state index in [1.165, 1.54) is 6.07 Å². The Bertz CT molecular complexity index is 1040. The van der Waals surface area contributed by atoms with Crippen molar-refractivity contribution in [3.05, 3.63) is 88.7 Å². The van der Waals surface area contributed by atoms with Crippen molar-refractivity contribution < 1.29 is 13.9 Å². The summed E-state index contributed by atoms with van der Waals surface area (Å²) in [6.07, 6.45) is 1.61. The highest BCUT2D eigenvalue weighted by atomic mass is 35.5. The number of nitrogens with one attached hydrogen (secondary N) is 2. The lowest BCUT2D eigenvalue weighted by Gasteiger charge is -2.13. The van der Waals surface area contributed by atoms with Crippen molar-refractivity contribution in [1.82, 2.24) is 5.43 Å². The van der Waals surface area contributed by atoms with E-state index in [0.717, 1.165) is 11.3 Å². The quantitative estimate of drug-likeness (QED) is 0.255. The van der Waals surface area contributed by atoms with Crippen LogP contribution in [0, 0.1) is 5.82 Å². The largest absolute Gasteiger partial charge is 0.490 e. The molecule has 0 saturated heterocycles. The standard InChI is InChI=1S/C23H21ClFN3O2S/c1-2-29-22-13-16(14-26-28-23(31)27-17-7-4-3-5-8-17)11-12-21(22)30-15-18-19(24)9-6-10-20(18)25/h3-14H,2,15H2,1H3,(H2,27,28,31). The minimum Gasteiger partial charge on any atom is -0.490 e. The summed E-state index contributed by atoms with van der Waals surface area (Å²) in [5.74, 6) is 0.580. The van der Waals surface area contributed by atoms with E-state index in [2.05, 4.69) is 15.8 Å². The predicted octanol–water partition coefficient (Wildman–Crippen LogP) is 5.78. The molecule has 0 atom stereocenters. The van der Waals surface area contributed by atoms with Crippen molar-refractivity contribution in [2.24, 2.45) is 5.10 Å². The van der Waals surface area contributed by atoms with E-state index in [4.69, 9.17) is 33.3 Å². The summed E-state index contributed by atoms with van der Waals surface area (Å²) in [7, 11) is 0. The zero-order valence-corrected chi connectivity index (χ0v) is 18.3. The number of rotatable bonds is 8. The van der Waals surface area contributed by atoms with Crippen LogP contribution in [-0.4, -0.2) is 17.9 Å². The first-order valence-corrected chi connectivity index (χ1v) is 10.3. The first-order chi connectivity index (χ1) is 15.1. The van der Waals surface area contributed by atoms with E-state index in [0.29, 0.717) is 33.8 Å². The molecule has 3 rings (SSSR count). The molecular formula is C23H21ClFN3O2S. The van der Waals surface area contributed by atoms with Crippen molar-refractivity contribution in [1.29, 1.82) is 0 Å². The van der Waals surface area contributed by atoms with Crippen LogP contribution in [0.15, 0.2) is 71.8 Å². The lowest BCUT2D eigenvalue weighted by Crippen LogP contribution is -2.23. The van der Waals surface area contributed by atoms with Gasteiger partial charge in [0.15, 0.2) is 16.6 Å². The zero-order chi connectivity index (χ0) is 22.1. The molecule has 8 heteroatoms. The maximum Gasteiger partial charge on any atom is 0.191 e. The summed E-state index contributed by atoms with van der Waals surface area (Å²) < 4.78 is 25.4. The second kappa shape index (κ2) is 11.3. The van der Waals surface area contributed by atoms with E-state index < -0.39 is 5.82 Å². The van der Waals surface area contributed by atoms with Crippen LogP contribution in [0.2, 0.25) is 5.02 Å². The molecular weight excluding hydrogens is 437 g/mol. The lowest BCUT2D eigenvalue weighted by atomic mass is 10.2. The Labute approximate surface area is 190 Å². The van der Waals surface area contributed by atoms with Crippen LogP contribution in [0.3, 0.4) is 0 Å². The Balaban J connectivity index is 1.64. The van der Waals surface area contributed by atoms with Crippen LogP contribution in [-0.2, 0) is 6.61 Å². The van der Waals surface area contributed by atoms with Crippen molar-refractivity contribution in [2.75, 3.05) is 11.9 Å². The van der Waals surface area contributed by atoms with Crippen LogP contribution >= 0.6 is 23.8 Å². The highest BCUT2D eigenvalue weighted by Crippen LogP contribution is 2.30. The number of nitrogens with zero attached hydrogens (tertiary/aromatic N) is 1. The molecule has 3 aromatic rings. The first-order valence-electron chi connectivity index (χ1n) is 9.54. The highest BCUT2D eigenvalue weighted by Gasteiger charge is 2.11. The van der Waals surface area contributed by atoms with Crippen LogP contribution in [0.25, 0.3) is 0 Å². The van der Waals surface area contributed by atoms with Crippen molar-refractivity contribution in [2.45, 2.75) is 13.5 Å². The molecule has 0 aromatic heterocycles. The summed E-state index contributed by atoms with van der Waals surface area (Å²) in [6.45, 7) is 2.30. The molecule has 5 nitrogen and oxygen atoms in total. The topological polar surface area (TPSA) is 54.9 Å². The molecule has 0 amide bonds. The average Bonchev–Trinajstić information content (AvgIpc) is 2.75. The molecule has 0 aliphatic rings. The third-order valence-electron chi connectivity index (χ3n) is 4.11. The van der Waals surface area contributed by atoms with Gasteiger partial charge < -0.3 is 14.8 Å². The SMILES string of the molecule is CCOc1cc(C=NNC(=S)Nc2ccccc2)ccc1OCc1c(F)cccc1Cl. The summed E-state index contributed by atoms with van der Waals surface area (Å²) >= 11 is 11.3. The van der Waals surface area contributed by atoms with Crippen molar-refractivity contribution in [3.63, 3.8) is 0 Å². The average molecular weight is 458 g/mol. The Hall–Kier alpha value is -3.16. The number of hydrogen-bond acceptors (Lipinski definition) is 4. The van der Waals surface area contributed by atoms with Gasteiger partial charge in [0.25, 0.3) is 0 Å². The predicted molar refractivity (Wildman–Crippen MR) is 127 cm³/mol. The maximum atomic E-state index is 14.0. The Kier molecular flexibility index (Phi) is 8.20. The molecule has 0 aliphatic heterocycles. The van der Waals surface area contributed by atoms with Gasteiger partial charge in [0, 0.05) is 11.3 Å². The first kappa shape index (κ1) is 22.5. The Morgan fingerprint density at radius 1 is 1.06 bits per heavy atom. The molecule has 0 aliphatic carbocycles. The van der Waals surface area contributed by atoms with Gasteiger partial charge in [0.2, 0.25) is 0 Å². The fourth-order valence-corrected chi connectivity index (χ4v) is 3.05. The molecule has 0 bridgehead atoms. The third-order valence-corrected chi connectivity index (χ3v) is 4.66. The summed E-state index contributed by atoms with van der Waals surface area (Å²) in [5.41, 5.74) is 4.70. The third kappa shape index (κ3) is 6.67. The summed E-state index contributed by atoms with van der Waals surface area (Å²) in [5, 5.41) is 7.86.